The van der Waals surface area contributed by atoms with E-state index in [2.05, 4.69) is 0 Å². The molecule has 0 saturated carbocycles. The monoisotopic (exact) mass is 344 g/mol. The van der Waals surface area contributed by atoms with Gasteiger partial charge >= 0.3 is 6.18 Å². The lowest BCUT2D eigenvalue weighted by Crippen LogP contribution is -2.46. The van der Waals surface area contributed by atoms with Crippen molar-refractivity contribution in [3.63, 3.8) is 0 Å². The van der Waals surface area contributed by atoms with E-state index >= 15 is 0 Å². The van der Waals surface area contributed by atoms with Gasteiger partial charge in [0.05, 0.1) is 5.56 Å². The van der Waals surface area contributed by atoms with E-state index in [9.17, 15) is 18.0 Å². The Morgan fingerprint density at radius 1 is 1.12 bits per heavy atom. The summed E-state index contributed by atoms with van der Waals surface area (Å²) in [5.41, 5.74) is -0.460. The second-order valence-corrected chi connectivity index (χ2v) is 6.22. The van der Waals surface area contributed by atoms with Crippen molar-refractivity contribution in [3.8, 4) is 0 Å². The molecule has 0 spiro atoms. The highest BCUT2D eigenvalue weighted by Gasteiger charge is 2.31. The van der Waals surface area contributed by atoms with Gasteiger partial charge in [0, 0.05) is 37.9 Å². The molecule has 2 rings (SSSR count). The summed E-state index contributed by atoms with van der Waals surface area (Å²) in [6.45, 7) is 2.44. The van der Waals surface area contributed by atoms with Gasteiger partial charge < -0.3 is 14.5 Å². The number of ether oxygens (including phenoxy) is 1. The zero-order valence-electron chi connectivity index (χ0n) is 14.0. The van der Waals surface area contributed by atoms with E-state index in [0.717, 1.165) is 25.0 Å². The summed E-state index contributed by atoms with van der Waals surface area (Å²) < 4.78 is 43.3. The number of carbonyl (C=O) groups is 1. The van der Waals surface area contributed by atoms with Gasteiger partial charge in [-0.25, -0.2) is 0 Å². The zero-order valence-corrected chi connectivity index (χ0v) is 14.0. The number of hydrogen-bond acceptors (Lipinski definition) is 3. The molecule has 24 heavy (non-hydrogen) atoms. The molecule has 0 N–H and O–H groups in total. The molecule has 0 bridgehead atoms. The second-order valence-electron chi connectivity index (χ2n) is 6.22. The summed E-state index contributed by atoms with van der Waals surface area (Å²) in [5, 5.41) is 0. The summed E-state index contributed by atoms with van der Waals surface area (Å²) in [5.74, 6) is -0.225. The van der Waals surface area contributed by atoms with Crippen LogP contribution in [-0.2, 0) is 10.9 Å². The van der Waals surface area contributed by atoms with Gasteiger partial charge in [-0.05, 0) is 51.2 Å². The molecule has 0 atom stereocenters. The summed E-state index contributed by atoms with van der Waals surface area (Å²) in [6.07, 6.45) is -2.90. The first-order valence-corrected chi connectivity index (χ1v) is 7.99. The fraction of sp³-hybridized carbons (Fsp3) is 0.588. The van der Waals surface area contributed by atoms with E-state index in [0.29, 0.717) is 26.3 Å². The highest BCUT2D eigenvalue weighted by Crippen LogP contribution is 2.29. The molecule has 1 aromatic carbocycles. The van der Waals surface area contributed by atoms with Crippen molar-refractivity contribution >= 4 is 5.91 Å². The Bertz CT molecular complexity index is 538. The number of likely N-dealkylation sites (N-methyl/N-ethyl adjacent to an activating group) is 1. The average Bonchev–Trinajstić information content (AvgIpc) is 2.55. The van der Waals surface area contributed by atoms with E-state index in [1.54, 1.807) is 4.90 Å². The van der Waals surface area contributed by atoms with Crippen molar-refractivity contribution in [2.45, 2.75) is 25.1 Å². The molecule has 134 valence electrons. The van der Waals surface area contributed by atoms with E-state index in [1.807, 2.05) is 19.0 Å². The molecule has 0 radical (unpaired) electrons. The number of amides is 1. The van der Waals surface area contributed by atoms with Gasteiger partial charge in [-0.3, -0.25) is 4.79 Å². The van der Waals surface area contributed by atoms with Crippen LogP contribution < -0.4 is 0 Å². The van der Waals surface area contributed by atoms with Crippen LogP contribution >= 0.6 is 0 Å². The zero-order chi connectivity index (χ0) is 17.7. The average molecular weight is 344 g/mol. The largest absolute Gasteiger partial charge is 0.416 e. The first-order chi connectivity index (χ1) is 11.3. The fourth-order valence-corrected chi connectivity index (χ4v) is 2.72. The Hall–Kier alpha value is -1.60. The fourth-order valence-electron chi connectivity index (χ4n) is 2.72. The van der Waals surface area contributed by atoms with Crippen LogP contribution in [0.2, 0.25) is 0 Å². The second kappa shape index (κ2) is 7.98. The maximum absolute atomic E-state index is 12.8. The van der Waals surface area contributed by atoms with E-state index < -0.39 is 11.7 Å². The quantitative estimate of drug-likeness (QED) is 0.823. The third kappa shape index (κ3) is 4.95. The van der Waals surface area contributed by atoms with E-state index in [-0.39, 0.29) is 17.5 Å². The Balaban J connectivity index is 2.16. The van der Waals surface area contributed by atoms with Gasteiger partial charge in [-0.1, -0.05) is 0 Å². The van der Waals surface area contributed by atoms with Crippen LogP contribution in [0.25, 0.3) is 0 Å². The number of carbonyl (C=O) groups excluding carboxylic acids is 1. The van der Waals surface area contributed by atoms with Crippen molar-refractivity contribution in [2.75, 3.05) is 40.4 Å². The molecule has 0 aliphatic carbocycles. The van der Waals surface area contributed by atoms with Crippen molar-refractivity contribution in [1.29, 1.82) is 0 Å². The molecule has 1 aliphatic rings. The molecule has 1 heterocycles. The molecule has 7 heteroatoms. The number of alkyl halides is 3. The Morgan fingerprint density at radius 2 is 1.71 bits per heavy atom. The summed E-state index contributed by atoms with van der Waals surface area (Å²) in [4.78, 5) is 16.6. The Labute approximate surface area is 140 Å². The highest BCUT2D eigenvalue weighted by molar-refractivity contribution is 5.94. The first kappa shape index (κ1) is 18.7. The van der Waals surface area contributed by atoms with Gasteiger partial charge in [0.25, 0.3) is 5.91 Å². The third-order valence-electron chi connectivity index (χ3n) is 4.14. The molecule has 1 amide bonds. The lowest BCUT2D eigenvalue weighted by atomic mass is 10.0. The van der Waals surface area contributed by atoms with Gasteiger partial charge in [-0.2, -0.15) is 13.2 Å². The normalized spacial score (nSPS) is 16.4. The van der Waals surface area contributed by atoms with Crippen LogP contribution in [0.3, 0.4) is 0 Å². The minimum Gasteiger partial charge on any atom is -0.381 e. The molecule has 0 unspecified atom stereocenters. The van der Waals surface area contributed by atoms with Crippen molar-refractivity contribution in [1.82, 2.24) is 9.80 Å². The number of benzene rings is 1. The van der Waals surface area contributed by atoms with Gasteiger partial charge in [0.2, 0.25) is 0 Å². The Kier molecular flexibility index (Phi) is 6.23. The van der Waals surface area contributed by atoms with Crippen LogP contribution in [0.4, 0.5) is 13.2 Å². The number of rotatable bonds is 5. The maximum atomic E-state index is 12.8. The molecule has 1 aliphatic heterocycles. The predicted molar refractivity (Wildman–Crippen MR) is 84.9 cm³/mol. The van der Waals surface area contributed by atoms with Crippen molar-refractivity contribution in [3.05, 3.63) is 35.4 Å². The van der Waals surface area contributed by atoms with Gasteiger partial charge in [0.1, 0.15) is 0 Å². The van der Waals surface area contributed by atoms with Crippen molar-refractivity contribution < 1.29 is 22.7 Å². The standard InChI is InChI=1S/C17H23F3N2O2/c1-21(2)9-10-22(15-7-11-24-12-8-15)16(23)13-3-5-14(6-4-13)17(18,19)20/h3-6,15H,7-12H2,1-2H3. The molecular weight excluding hydrogens is 321 g/mol. The van der Waals surface area contributed by atoms with Crippen molar-refractivity contribution in [2.24, 2.45) is 0 Å². The SMILES string of the molecule is CN(C)CCN(C(=O)c1ccc(C(F)(F)F)cc1)C1CCOCC1. The highest BCUT2D eigenvalue weighted by atomic mass is 19.4. The number of nitrogens with zero attached hydrogens (tertiary/aromatic N) is 2. The number of hydrogen-bond donors (Lipinski definition) is 0. The lowest BCUT2D eigenvalue weighted by molar-refractivity contribution is -0.137. The molecule has 0 aromatic heterocycles. The van der Waals surface area contributed by atoms with Crippen LogP contribution in [0, 0.1) is 0 Å². The molecular formula is C17H23F3N2O2. The van der Waals surface area contributed by atoms with Gasteiger partial charge in [-0.15, -0.1) is 0 Å². The maximum Gasteiger partial charge on any atom is 0.416 e. The summed E-state index contributed by atoms with van der Waals surface area (Å²) >= 11 is 0. The summed E-state index contributed by atoms with van der Waals surface area (Å²) in [6, 6.07) is 4.50. The van der Waals surface area contributed by atoms with E-state index in [1.165, 1.54) is 12.1 Å². The van der Waals surface area contributed by atoms with Gasteiger partial charge in [0.15, 0.2) is 0 Å². The summed E-state index contributed by atoms with van der Waals surface area (Å²) in [7, 11) is 3.84. The van der Waals surface area contributed by atoms with Crippen LogP contribution in [0.15, 0.2) is 24.3 Å². The third-order valence-corrected chi connectivity index (χ3v) is 4.14. The smallest absolute Gasteiger partial charge is 0.381 e. The number of halogens is 3. The van der Waals surface area contributed by atoms with E-state index in [4.69, 9.17) is 4.74 Å². The molecule has 1 fully saturated rings. The minimum absolute atomic E-state index is 0.0634. The van der Waals surface area contributed by atoms with Crippen LogP contribution in [0.1, 0.15) is 28.8 Å². The first-order valence-electron chi connectivity index (χ1n) is 7.99. The lowest BCUT2D eigenvalue weighted by Gasteiger charge is -2.35. The molecule has 1 saturated heterocycles. The minimum atomic E-state index is -4.40. The predicted octanol–water partition coefficient (Wildman–Crippen LogP) is 2.89. The van der Waals surface area contributed by atoms with Crippen LogP contribution in [0.5, 0.6) is 0 Å². The Morgan fingerprint density at radius 3 is 2.21 bits per heavy atom. The van der Waals surface area contributed by atoms with Crippen LogP contribution in [-0.4, -0.2) is 62.1 Å². The molecule has 1 aromatic rings. The molecule has 4 nitrogen and oxygen atoms in total. The topological polar surface area (TPSA) is 32.8 Å².